The van der Waals surface area contributed by atoms with Crippen molar-refractivity contribution >= 4 is 40.6 Å². The van der Waals surface area contributed by atoms with Crippen LogP contribution in [0, 0.1) is 5.82 Å². The number of imide groups is 1. The normalized spacial score (nSPS) is 15.8. The fourth-order valence-corrected chi connectivity index (χ4v) is 3.45. The number of carbonyl (C=O) groups excluding carboxylic acids is 2. The number of carbonyl (C=O) groups is 2. The molecule has 1 N–H and O–H groups in total. The minimum absolute atomic E-state index is 0.0575. The van der Waals surface area contributed by atoms with Crippen molar-refractivity contribution in [3.05, 3.63) is 63.3 Å². The summed E-state index contributed by atoms with van der Waals surface area (Å²) in [5.41, 5.74) is 1.15. The number of benzene rings is 2. The highest BCUT2D eigenvalue weighted by atomic mass is 35.5. The lowest BCUT2D eigenvalue weighted by molar-refractivity contribution is -0.123. The Morgan fingerprint density at radius 1 is 1.27 bits per heavy atom. The summed E-state index contributed by atoms with van der Waals surface area (Å²) in [6, 6.07) is 8.56. The van der Waals surface area contributed by atoms with Crippen molar-refractivity contribution in [2.45, 2.75) is 6.54 Å². The molecule has 0 spiro atoms. The minimum Gasteiger partial charge on any atom is -0.503 e. The highest BCUT2D eigenvalue weighted by molar-refractivity contribution is 8.18. The zero-order valence-corrected chi connectivity index (χ0v) is 15.1. The topological polar surface area (TPSA) is 66.8 Å². The van der Waals surface area contributed by atoms with Crippen molar-refractivity contribution in [1.29, 1.82) is 0 Å². The first-order valence-electron chi connectivity index (χ1n) is 7.45. The Bertz CT molecular complexity index is 914. The van der Waals surface area contributed by atoms with Gasteiger partial charge in [-0.25, -0.2) is 4.39 Å². The van der Waals surface area contributed by atoms with Gasteiger partial charge in [0.25, 0.3) is 11.1 Å². The molecular weight excluding hydrogens is 381 g/mol. The van der Waals surface area contributed by atoms with E-state index < -0.39 is 11.1 Å². The third-order valence-corrected chi connectivity index (χ3v) is 4.89. The number of halogens is 2. The van der Waals surface area contributed by atoms with E-state index in [1.807, 2.05) is 0 Å². The molecule has 1 fully saturated rings. The van der Waals surface area contributed by atoms with Gasteiger partial charge in [-0.2, -0.15) is 0 Å². The molecular formula is C18H13ClFNO4S. The predicted molar refractivity (Wildman–Crippen MR) is 97.6 cm³/mol. The quantitative estimate of drug-likeness (QED) is 0.778. The highest BCUT2D eigenvalue weighted by Gasteiger charge is 2.35. The van der Waals surface area contributed by atoms with Gasteiger partial charge in [0.05, 0.1) is 23.6 Å². The Kier molecular flexibility index (Phi) is 5.20. The van der Waals surface area contributed by atoms with E-state index in [2.05, 4.69) is 0 Å². The number of phenols is 1. The van der Waals surface area contributed by atoms with E-state index in [0.29, 0.717) is 11.1 Å². The molecule has 26 heavy (non-hydrogen) atoms. The molecule has 1 aliphatic heterocycles. The van der Waals surface area contributed by atoms with Crippen LogP contribution in [0.2, 0.25) is 5.02 Å². The molecule has 0 saturated carbocycles. The largest absolute Gasteiger partial charge is 0.503 e. The fraction of sp³-hybridized carbons (Fsp3) is 0.111. The average Bonchev–Trinajstić information content (AvgIpc) is 2.87. The molecule has 134 valence electrons. The number of thioether (sulfide) groups is 1. The smallest absolute Gasteiger partial charge is 0.293 e. The van der Waals surface area contributed by atoms with Gasteiger partial charge in [0.15, 0.2) is 11.5 Å². The monoisotopic (exact) mass is 393 g/mol. The summed E-state index contributed by atoms with van der Waals surface area (Å²) in [5.74, 6) is -0.876. The van der Waals surface area contributed by atoms with E-state index >= 15 is 0 Å². The number of phenolic OH excluding ortho intramolecular Hbond substituents is 1. The summed E-state index contributed by atoms with van der Waals surface area (Å²) in [7, 11) is 1.38. The van der Waals surface area contributed by atoms with Crippen LogP contribution in [0.4, 0.5) is 9.18 Å². The lowest BCUT2D eigenvalue weighted by Gasteiger charge is -2.12. The van der Waals surface area contributed by atoms with Gasteiger partial charge < -0.3 is 9.84 Å². The second-order valence-corrected chi connectivity index (χ2v) is 6.85. The zero-order chi connectivity index (χ0) is 18.8. The fourth-order valence-electron chi connectivity index (χ4n) is 2.39. The van der Waals surface area contributed by atoms with E-state index in [1.54, 1.807) is 0 Å². The number of rotatable bonds is 4. The molecule has 2 aromatic carbocycles. The number of nitrogens with zero attached hydrogens (tertiary/aromatic N) is 1. The van der Waals surface area contributed by atoms with Crippen molar-refractivity contribution in [1.82, 2.24) is 4.90 Å². The summed E-state index contributed by atoms with van der Waals surface area (Å²) in [6.45, 7) is 0.0575. The van der Waals surface area contributed by atoms with Crippen LogP contribution in [-0.2, 0) is 11.3 Å². The summed E-state index contributed by atoms with van der Waals surface area (Å²) in [4.78, 5) is 26.0. The van der Waals surface area contributed by atoms with E-state index in [-0.39, 0.29) is 33.8 Å². The Labute approximate surface area is 158 Å². The number of methoxy groups -OCH3 is 1. The molecule has 0 aliphatic carbocycles. The molecule has 0 radical (unpaired) electrons. The third-order valence-electron chi connectivity index (χ3n) is 3.70. The second-order valence-electron chi connectivity index (χ2n) is 5.45. The van der Waals surface area contributed by atoms with E-state index in [1.165, 1.54) is 49.6 Å². The van der Waals surface area contributed by atoms with Crippen LogP contribution >= 0.6 is 23.4 Å². The van der Waals surface area contributed by atoms with E-state index in [0.717, 1.165) is 16.7 Å². The Morgan fingerprint density at radius 2 is 1.96 bits per heavy atom. The summed E-state index contributed by atoms with van der Waals surface area (Å²) < 4.78 is 18.0. The van der Waals surface area contributed by atoms with Gasteiger partial charge in [0, 0.05) is 0 Å². The number of ether oxygens (including phenoxy) is 1. The number of hydrogen-bond donors (Lipinski definition) is 1. The summed E-state index contributed by atoms with van der Waals surface area (Å²) >= 11 is 6.74. The molecule has 1 heterocycles. The average molecular weight is 394 g/mol. The third kappa shape index (κ3) is 3.68. The Hall–Kier alpha value is -2.51. The van der Waals surface area contributed by atoms with E-state index in [9.17, 15) is 19.1 Å². The molecule has 0 unspecified atom stereocenters. The number of amides is 2. The van der Waals surface area contributed by atoms with Gasteiger partial charge in [0.1, 0.15) is 5.82 Å². The molecule has 0 atom stereocenters. The molecule has 0 bridgehead atoms. The summed E-state index contributed by atoms with van der Waals surface area (Å²) in [5, 5.41) is 9.42. The maximum Gasteiger partial charge on any atom is 0.293 e. The van der Waals surface area contributed by atoms with Crippen LogP contribution < -0.4 is 4.74 Å². The zero-order valence-electron chi connectivity index (χ0n) is 13.5. The Balaban J connectivity index is 1.85. The molecule has 5 nitrogen and oxygen atoms in total. The van der Waals surface area contributed by atoms with Crippen molar-refractivity contribution in [3.8, 4) is 11.5 Å². The molecule has 1 saturated heterocycles. The standard InChI is InChI=1S/C18H13ClFNO4S/c1-25-14-7-11(6-13(19)16(14)22)8-15-17(23)21(18(24)26-15)9-10-2-4-12(20)5-3-10/h2-8,22H,9H2,1H3/b15-8+. The van der Waals surface area contributed by atoms with Crippen molar-refractivity contribution < 1.29 is 23.8 Å². The van der Waals surface area contributed by atoms with Crippen molar-refractivity contribution in [2.75, 3.05) is 7.11 Å². The van der Waals surface area contributed by atoms with Crippen LogP contribution in [0.15, 0.2) is 41.3 Å². The maximum absolute atomic E-state index is 13.0. The number of aromatic hydroxyl groups is 1. The highest BCUT2D eigenvalue weighted by Crippen LogP contribution is 2.38. The minimum atomic E-state index is -0.451. The van der Waals surface area contributed by atoms with Gasteiger partial charge in [-0.1, -0.05) is 23.7 Å². The van der Waals surface area contributed by atoms with Gasteiger partial charge in [-0.05, 0) is 53.2 Å². The molecule has 0 aromatic heterocycles. The van der Waals surface area contributed by atoms with Gasteiger partial charge in [-0.15, -0.1) is 0 Å². The van der Waals surface area contributed by atoms with Gasteiger partial charge in [-0.3, -0.25) is 14.5 Å². The molecule has 8 heteroatoms. The summed E-state index contributed by atoms with van der Waals surface area (Å²) in [6.07, 6.45) is 1.50. The van der Waals surface area contributed by atoms with Crippen LogP contribution in [0.1, 0.15) is 11.1 Å². The molecule has 3 rings (SSSR count). The number of hydrogen-bond acceptors (Lipinski definition) is 5. The lowest BCUT2D eigenvalue weighted by Crippen LogP contribution is -2.27. The van der Waals surface area contributed by atoms with Gasteiger partial charge >= 0.3 is 0 Å². The second kappa shape index (κ2) is 7.39. The first-order valence-corrected chi connectivity index (χ1v) is 8.65. The van der Waals surface area contributed by atoms with Crippen molar-refractivity contribution in [3.63, 3.8) is 0 Å². The maximum atomic E-state index is 13.0. The van der Waals surface area contributed by atoms with E-state index in [4.69, 9.17) is 16.3 Å². The van der Waals surface area contributed by atoms with Crippen molar-refractivity contribution in [2.24, 2.45) is 0 Å². The lowest BCUT2D eigenvalue weighted by atomic mass is 10.1. The molecule has 2 aromatic rings. The molecule has 2 amide bonds. The first kappa shape index (κ1) is 18.3. The predicted octanol–water partition coefficient (Wildman–Crippen LogP) is 4.43. The van der Waals surface area contributed by atoms with Crippen LogP contribution in [0.5, 0.6) is 11.5 Å². The van der Waals surface area contributed by atoms with Crippen LogP contribution in [-0.4, -0.2) is 28.3 Å². The first-order chi connectivity index (χ1) is 12.4. The molecule has 1 aliphatic rings. The van der Waals surface area contributed by atoms with Gasteiger partial charge in [0.2, 0.25) is 0 Å². The van der Waals surface area contributed by atoms with Crippen LogP contribution in [0.3, 0.4) is 0 Å². The van der Waals surface area contributed by atoms with Crippen LogP contribution in [0.25, 0.3) is 6.08 Å². The Morgan fingerprint density at radius 3 is 2.62 bits per heavy atom. The SMILES string of the molecule is COc1cc(/C=C2/SC(=O)N(Cc3ccc(F)cc3)C2=O)cc(Cl)c1O.